The molecule has 0 N–H and O–H groups in total. The lowest BCUT2D eigenvalue weighted by Crippen LogP contribution is -1.93. The minimum Gasteiger partial charge on any atom is -0.494 e. The van der Waals surface area contributed by atoms with E-state index in [0.29, 0.717) is 0 Å². The summed E-state index contributed by atoms with van der Waals surface area (Å²) in [4.78, 5) is 0. The van der Waals surface area contributed by atoms with Crippen molar-refractivity contribution in [1.82, 2.24) is 0 Å². The van der Waals surface area contributed by atoms with E-state index < -0.39 is 0 Å². The van der Waals surface area contributed by atoms with Gasteiger partial charge in [-0.3, -0.25) is 0 Å². The van der Waals surface area contributed by atoms with Crippen molar-refractivity contribution in [3.05, 3.63) is 65.2 Å². The number of benzene rings is 2. The molecular formula is C16H18O. The fraction of sp³-hybridized carbons (Fsp3) is 0.250. The van der Waals surface area contributed by atoms with Gasteiger partial charge in [0.15, 0.2) is 0 Å². The van der Waals surface area contributed by atoms with Crippen molar-refractivity contribution >= 4 is 0 Å². The molecule has 0 aromatic heterocycles. The quantitative estimate of drug-likeness (QED) is 0.766. The van der Waals surface area contributed by atoms with Gasteiger partial charge in [-0.1, -0.05) is 36.4 Å². The highest BCUT2D eigenvalue weighted by Crippen LogP contribution is 2.17. The van der Waals surface area contributed by atoms with Gasteiger partial charge in [0.25, 0.3) is 0 Å². The Morgan fingerprint density at radius 2 is 1.65 bits per heavy atom. The monoisotopic (exact) mass is 226 g/mol. The first-order valence-electron chi connectivity index (χ1n) is 6.06. The predicted octanol–water partition coefficient (Wildman–Crippen LogP) is 3.98. The molecule has 0 spiro atoms. The molecular weight excluding hydrogens is 208 g/mol. The standard InChI is InChI=1S/C16H18O/c1-3-17-16-10-8-14(9-11-16)12-15-7-5-4-6-13(15)2/h4-11H,3,12H2,1-2H3. The fourth-order valence-corrected chi connectivity index (χ4v) is 1.90. The highest BCUT2D eigenvalue weighted by Gasteiger charge is 1.99. The van der Waals surface area contributed by atoms with Gasteiger partial charge in [-0.2, -0.15) is 0 Å². The van der Waals surface area contributed by atoms with Gasteiger partial charge in [0.1, 0.15) is 5.75 Å². The zero-order valence-electron chi connectivity index (χ0n) is 10.4. The summed E-state index contributed by atoms with van der Waals surface area (Å²) in [5, 5.41) is 0. The first-order chi connectivity index (χ1) is 8.29. The van der Waals surface area contributed by atoms with Crippen LogP contribution in [0.3, 0.4) is 0 Å². The first-order valence-corrected chi connectivity index (χ1v) is 6.06. The van der Waals surface area contributed by atoms with Crippen molar-refractivity contribution in [3.63, 3.8) is 0 Å². The molecule has 0 saturated carbocycles. The summed E-state index contributed by atoms with van der Waals surface area (Å²) in [6.45, 7) is 4.88. The average Bonchev–Trinajstić information content (AvgIpc) is 2.35. The van der Waals surface area contributed by atoms with E-state index in [1.54, 1.807) is 0 Å². The highest BCUT2D eigenvalue weighted by atomic mass is 16.5. The van der Waals surface area contributed by atoms with Crippen LogP contribution >= 0.6 is 0 Å². The summed E-state index contributed by atoms with van der Waals surface area (Å²) in [5.74, 6) is 0.945. The molecule has 0 saturated heterocycles. The summed E-state index contributed by atoms with van der Waals surface area (Å²) in [6, 6.07) is 16.9. The largest absolute Gasteiger partial charge is 0.494 e. The summed E-state index contributed by atoms with van der Waals surface area (Å²) in [5.41, 5.74) is 4.06. The molecule has 2 rings (SSSR count). The second-order valence-corrected chi connectivity index (χ2v) is 4.18. The van der Waals surface area contributed by atoms with E-state index in [1.165, 1.54) is 16.7 Å². The lowest BCUT2D eigenvalue weighted by molar-refractivity contribution is 0.340. The number of ether oxygens (including phenoxy) is 1. The van der Waals surface area contributed by atoms with E-state index in [9.17, 15) is 0 Å². The highest BCUT2D eigenvalue weighted by molar-refractivity contribution is 5.34. The predicted molar refractivity (Wildman–Crippen MR) is 71.6 cm³/mol. The molecule has 2 aromatic rings. The van der Waals surface area contributed by atoms with Crippen LogP contribution in [0, 0.1) is 6.92 Å². The summed E-state index contributed by atoms with van der Waals surface area (Å²) in [6.07, 6.45) is 0.985. The molecule has 1 nitrogen and oxygen atoms in total. The van der Waals surface area contributed by atoms with E-state index in [-0.39, 0.29) is 0 Å². The van der Waals surface area contributed by atoms with Crippen LogP contribution in [0.15, 0.2) is 48.5 Å². The average molecular weight is 226 g/mol. The third kappa shape index (κ3) is 3.10. The van der Waals surface area contributed by atoms with Crippen molar-refractivity contribution in [2.45, 2.75) is 20.3 Å². The minimum absolute atomic E-state index is 0.719. The Morgan fingerprint density at radius 3 is 2.29 bits per heavy atom. The van der Waals surface area contributed by atoms with E-state index >= 15 is 0 Å². The molecule has 0 aliphatic carbocycles. The van der Waals surface area contributed by atoms with Crippen molar-refractivity contribution in [3.8, 4) is 5.75 Å². The molecule has 0 unspecified atom stereocenters. The molecule has 0 heterocycles. The van der Waals surface area contributed by atoms with Crippen LogP contribution in [0.25, 0.3) is 0 Å². The fourth-order valence-electron chi connectivity index (χ4n) is 1.90. The third-order valence-electron chi connectivity index (χ3n) is 2.89. The molecule has 0 radical (unpaired) electrons. The van der Waals surface area contributed by atoms with Crippen molar-refractivity contribution in [1.29, 1.82) is 0 Å². The maximum absolute atomic E-state index is 5.43. The van der Waals surface area contributed by atoms with Crippen LogP contribution in [0.2, 0.25) is 0 Å². The number of aryl methyl sites for hydroxylation is 1. The maximum Gasteiger partial charge on any atom is 0.119 e. The van der Waals surface area contributed by atoms with Crippen LogP contribution in [0.5, 0.6) is 5.75 Å². The zero-order chi connectivity index (χ0) is 12.1. The third-order valence-corrected chi connectivity index (χ3v) is 2.89. The number of hydrogen-bond donors (Lipinski definition) is 0. The van der Waals surface area contributed by atoms with Crippen molar-refractivity contribution in [2.75, 3.05) is 6.61 Å². The van der Waals surface area contributed by atoms with Crippen LogP contribution in [-0.4, -0.2) is 6.61 Å². The summed E-state index contributed by atoms with van der Waals surface area (Å²) < 4.78 is 5.43. The van der Waals surface area contributed by atoms with E-state index in [1.807, 2.05) is 19.1 Å². The van der Waals surface area contributed by atoms with Crippen LogP contribution in [0.1, 0.15) is 23.6 Å². The Bertz CT molecular complexity index is 471. The topological polar surface area (TPSA) is 9.23 Å². The van der Waals surface area contributed by atoms with Crippen molar-refractivity contribution in [2.24, 2.45) is 0 Å². The van der Waals surface area contributed by atoms with Gasteiger partial charge >= 0.3 is 0 Å². The number of rotatable bonds is 4. The van der Waals surface area contributed by atoms with Crippen molar-refractivity contribution < 1.29 is 4.74 Å². The summed E-state index contributed by atoms with van der Waals surface area (Å²) >= 11 is 0. The van der Waals surface area contributed by atoms with Gasteiger partial charge in [0, 0.05) is 0 Å². The lowest BCUT2D eigenvalue weighted by atomic mass is 10.0. The van der Waals surface area contributed by atoms with Gasteiger partial charge in [-0.15, -0.1) is 0 Å². The molecule has 0 aliphatic heterocycles. The molecule has 0 fully saturated rings. The Morgan fingerprint density at radius 1 is 0.941 bits per heavy atom. The minimum atomic E-state index is 0.719. The smallest absolute Gasteiger partial charge is 0.119 e. The van der Waals surface area contributed by atoms with Gasteiger partial charge in [-0.25, -0.2) is 0 Å². The van der Waals surface area contributed by atoms with E-state index in [4.69, 9.17) is 4.74 Å². The summed E-state index contributed by atoms with van der Waals surface area (Å²) in [7, 11) is 0. The normalized spacial score (nSPS) is 10.2. The lowest BCUT2D eigenvalue weighted by Gasteiger charge is -2.07. The Hall–Kier alpha value is -1.76. The Balaban J connectivity index is 2.11. The molecule has 2 aromatic carbocycles. The zero-order valence-corrected chi connectivity index (χ0v) is 10.4. The molecule has 0 amide bonds. The van der Waals surface area contributed by atoms with Gasteiger partial charge in [0.05, 0.1) is 6.61 Å². The van der Waals surface area contributed by atoms with E-state index in [0.717, 1.165) is 18.8 Å². The molecule has 88 valence electrons. The molecule has 0 aliphatic rings. The van der Waals surface area contributed by atoms with Gasteiger partial charge in [-0.05, 0) is 49.1 Å². The van der Waals surface area contributed by atoms with Gasteiger partial charge in [0.2, 0.25) is 0 Å². The van der Waals surface area contributed by atoms with Crippen LogP contribution in [-0.2, 0) is 6.42 Å². The first kappa shape index (κ1) is 11.7. The molecule has 0 atom stereocenters. The van der Waals surface area contributed by atoms with Crippen LogP contribution < -0.4 is 4.74 Å². The molecule has 0 bridgehead atoms. The molecule has 17 heavy (non-hydrogen) atoms. The number of hydrogen-bond acceptors (Lipinski definition) is 1. The SMILES string of the molecule is CCOc1ccc(Cc2ccccc2C)cc1. The second-order valence-electron chi connectivity index (χ2n) is 4.18. The Labute approximate surface area is 103 Å². The van der Waals surface area contributed by atoms with Crippen LogP contribution in [0.4, 0.5) is 0 Å². The second kappa shape index (κ2) is 5.53. The van der Waals surface area contributed by atoms with E-state index in [2.05, 4.69) is 43.3 Å². The maximum atomic E-state index is 5.43. The Kier molecular flexibility index (Phi) is 3.81. The molecule has 1 heteroatoms. The van der Waals surface area contributed by atoms with Gasteiger partial charge < -0.3 is 4.74 Å².